The summed E-state index contributed by atoms with van der Waals surface area (Å²) in [6.07, 6.45) is -14.0. The third kappa shape index (κ3) is 16.9. The quantitative estimate of drug-likeness (QED) is 0.0825. The number of carbonyl (C=O) groups excluding carboxylic acids is 7. The van der Waals surface area contributed by atoms with Gasteiger partial charge >= 0.3 is 6.09 Å². The fraction of sp³-hybridized carbons (Fsp3) is 0.698. The molecule has 0 aliphatic carbocycles. The van der Waals surface area contributed by atoms with E-state index in [-0.39, 0.29) is 18.7 Å². The Balaban J connectivity index is 1.87. The van der Waals surface area contributed by atoms with Gasteiger partial charge in [0.15, 0.2) is 11.5 Å². The number of aliphatic hydroxyl groups is 8. The first-order valence-electron chi connectivity index (χ1n) is 23.3. The highest BCUT2D eigenvalue weighted by atomic mass is 32.3. The number of benzene rings is 1. The number of rotatable bonds is 14. The van der Waals surface area contributed by atoms with E-state index in [0.717, 1.165) is 34.9 Å². The van der Waals surface area contributed by atoms with Gasteiger partial charge in [0.25, 0.3) is 11.2 Å². The molecule has 29 nitrogen and oxygen atoms in total. The zero-order chi connectivity index (χ0) is 54.9. The monoisotopic (exact) mass is 1070 g/mol. The summed E-state index contributed by atoms with van der Waals surface area (Å²) in [5, 5.41) is 111. The van der Waals surface area contributed by atoms with Crippen molar-refractivity contribution in [2.45, 2.75) is 145 Å². The normalized spacial score (nSPS) is 28.9. The molecular formula is C43H70N8O21S. The molecule has 1 aromatic rings. The van der Waals surface area contributed by atoms with Gasteiger partial charge in [-0.15, -0.1) is 0 Å². The second kappa shape index (κ2) is 25.8. The van der Waals surface area contributed by atoms with E-state index in [9.17, 15) is 93.2 Å². The summed E-state index contributed by atoms with van der Waals surface area (Å²) < 4.78 is 38.3. The highest BCUT2D eigenvalue weighted by Gasteiger charge is 2.50. The van der Waals surface area contributed by atoms with Crippen molar-refractivity contribution in [3.05, 3.63) is 23.8 Å². The maximum atomic E-state index is 14.7. The summed E-state index contributed by atoms with van der Waals surface area (Å²) in [6, 6.07) is -9.37. The third-order valence-corrected chi connectivity index (χ3v) is 12.5. The summed E-state index contributed by atoms with van der Waals surface area (Å²) in [6.45, 7) is 4.12. The minimum absolute atomic E-state index is 0.0588. The number of aliphatic hydroxyl groups excluding tert-OH is 8. The van der Waals surface area contributed by atoms with Crippen LogP contribution in [-0.4, -0.2) is 235 Å². The molecule has 3 fully saturated rings. The standard InChI is InChI=1S/C43H70N8O21S/c1-19-15-51-34(35(19)60)39(64)45-14-23(55)12-25(46-42(67)71-43(3,4)5)36(61)47-31(20(2)54)40(65)50-16-24(56)13-26(50)37(62)48-32(29(59)10-21-6-7-27(57)30(11-21)72-73(68,69)70)38(63)49-33(41(51)66)28(58)8-9-44-22(17-52)18-53/h6-7,11,19-20,22-26,28-29,31-35,44,52-60,68-70H,8-10,12-18H2,1-5H3,(H,45,64)(H,46,67)(H,47,61)(H,48,62)(H,49,63)/t19-,20+,23+,24+,25-,26-,28+,29+,31-,32-,33-,34-,35-/m0/s1. The van der Waals surface area contributed by atoms with Crippen LogP contribution in [0.1, 0.15) is 59.4 Å². The Bertz CT molecular complexity index is 2110. The molecule has 0 spiro atoms. The Labute approximate surface area is 421 Å². The van der Waals surface area contributed by atoms with Gasteiger partial charge in [0, 0.05) is 44.8 Å². The highest BCUT2D eigenvalue weighted by molar-refractivity contribution is 8.15. The Morgan fingerprint density at radius 1 is 0.822 bits per heavy atom. The number of aromatic hydroxyl groups is 1. The largest absolute Gasteiger partial charge is 0.504 e. The minimum Gasteiger partial charge on any atom is -0.504 e. The van der Waals surface area contributed by atoms with Gasteiger partial charge in [-0.1, -0.05) is 13.0 Å². The first kappa shape index (κ1) is 60.3. The molecule has 30 heteroatoms. The van der Waals surface area contributed by atoms with Gasteiger partial charge in [-0.2, -0.15) is 0 Å². The van der Waals surface area contributed by atoms with Crippen molar-refractivity contribution in [2.24, 2.45) is 5.92 Å². The number of hydrogen-bond donors (Lipinski definition) is 18. The minimum atomic E-state index is -4.72. The first-order valence-corrected chi connectivity index (χ1v) is 24.7. The van der Waals surface area contributed by atoms with Crippen LogP contribution in [0.4, 0.5) is 4.79 Å². The summed E-state index contributed by atoms with van der Waals surface area (Å²) in [5.74, 6) is -9.57. The molecule has 3 saturated heterocycles. The number of nitrogens with zero attached hydrogens (tertiary/aromatic N) is 2. The molecule has 3 heterocycles. The van der Waals surface area contributed by atoms with Crippen molar-refractivity contribution < 1.29 is 102 Å². The zero-order valence-corrected chi connectivity index (χ0v) is 41.5. The molecule has 0 radical (unpaired) electrons. The maximum Gasteiger partial charge on any atom is 0.408 e. The van der Waals surface area contributed by atoms with Crippen LogP contribution < -0.4 is 36.1 Å². The summed E-state index contributed by atoms with van der Waals surface area (Å²) in [4.78, 5) is 101. The fourth-order valence-electron chi connectivity index (χ4n) is 8.39. The maximum absolute atomic E-state index is 14.7. The zero-order valence-electron chi connectivity index (χ0n) is 40.7. The molecule has 7 amide bonds. The predicted octanol–water partition coefficient (Wildman–Crippen LogP) is -5.71. The number of fused-ring (bicyclic) bond motifs is 2. The van der Waals surface area contributed by atoms with Gasteiger partial charge in [0.05, 0.1) is 55.9 Å². The highest BCUT2D eigenvalue weighted by Crippen LogP contribution is 2.40. The molecule has 18 N–H and O–H groups in total. The number of nitrogens with one attached hydrogen (secondary N) is 6. The average molecular weight is 1070 g/mol. The number of amides is 7. The van der Waals surface area contributed by atoms with E-state index < -0.39 is 207 Å². The predicted molar refractivity (Wildman–Crippen MR) is 252 cm³/mol. The van der Waals surface area contributed by atoms with Gasteiger partial charge in [-0.3, -0.25) is 42.4 Å². The third-order valence-electron chi connectivity index (χ3n) is 12.1. The fourth-order valence-corrected chi connectivity index (χ4v) is 8.76. The number of phenols is 1. The molecule has 0 aromatic heterocycles. The van der Waals surface area contributed by atoms with Crippen LogP contribution >= 0.6 is 11.2 Å². The van der Waals surface area contributed by atoms with Crippen LogP contribution in [0.2, 0.25) is 0 Å². The SMILES string of the molecule is C[C@@H](O)[C@@H]1NC(=O)[C@@H](NC(=O)OC(C)(C)C)C[C@@H](O)CNC(=O)[C@@H]2[C@@H](O)[C@@H](C)CN2C(=O)[C@H]([C@H](O)CCNC(CO)CO)NC(=O)[C@H]([C@H](O)Cc2ccc(O)c(OS(O)(O)O)c2)NC(=O)[C@@H]2C[C@@H](O)CN2C1=O. The molecule has 0 bridgehead atoms. The lowest BCUT2D eigenvalue weighted by molar-refractivity contribution is -0.147. The van der Waals surface area contributed by atoms with E-state index in [1.165, 1.54) is 27.7 Å². The van der Waals surface area contributed by atoms with Crippen molar-refractivity contribution in [3.63, 3.8) is 0 Å². The number of phenolic OH excluding ortho intramolecular Hbond substituents is 1. The summed E-state index contributed by atoms with van der Waals surface area (Å²) in [5.41, 5.74) is -1.16. The van der Waals surface area contributed by atoms with Crippen molar-refractivity contribution in [2.75, 3.05) is 39.4 Å². The van der Waals surface area contributed by atoms with E-state index in [2.05, 4.69) is 36.1 Å². The van der Waals surface area contributed by atoms with Gasteiger partial charge in [-0.05, 0) is 58.4 Å². The van der Waals surface area contributed by atoms with Gasteiger partial charge < -0.3 is 96.6 Å². The van der Waals surface area contributed by atoms with E-state index >= 15 is 0 Å². The van der Waals surface area contributed by atoms with E-state index in [0.29, 0.717) is 0 Å². The summed E-state index contributed by atoms with van der Waals surface area (Å²) in [7, 11) is 0. The second-order valence-electron chi connectivity index (χ2n) is 19.3. The molecule has 1 aromatic carbocycles. The molecule has 4 rings (SSSR count). The van der Waals surface area contributed by atoms with Gasteiger partial charge in [0.1, 0.15) is 41.9 Å². The van der Waals surface area contributed by atoms with Crippen LogP contribution in [0, 0.1) is 5.92 Å². The van der Waals surface area contributed by atoms with E-state index in [1.54, 1.807) is 0 Å². The lowest BCUT2D eigenvalue weighted by Crippen LogP contribution is -2.64. The number of hydrogen-bond acceptors (Lipinski definition) is 22. The van der Waals surface area contributed by atoms with Crippen LogP contribution in [0.5, 0.6) is 11.5 Å². The van der Waals surface area contributed by atoms with Crippen molar-refractivity contribution >= 4 is 52.7 Å². The topological polar surface area (TPSA) is 459 Å². The molecule has 0 unspecified atom stereocenters. The van der Waals surface area contributed by atoms with Crippen LogP contribution in [0.15, 0.2) is 18.2 Å². The van der Waals surface area contributed by atoms with Crippen LogP contribution in [0.25, 0.3) is 0 Å². The molecule has 3 aliphatic heterocycles. The second-order valence-corrected chi connectivity index (χ2v) is 20.4. The Hall–Kier alpha value is -5.22. The smallest absolute Gasteiger partial charge is 0.408 e. The molecular weight excluding hydrogens is 997 g/mol. The van der Waals surface area contributed by atoms with Crippen LogP contribution in [0.3, 0.4) is 0 Å². The lowest BCUT2D eigenvalue weighted by atomic mass is 9.98. The number of alkyl carbamates (subject to hydrolysis) is 1. The lowest BCUT2D eigenvalue weighted by Gasteiger charge is -2.34. The Morgan fingerprint density at radius 2 is 1.44 bits per heavy atom. The van der Waals surface area contributed by atoms with Gasteiger partial charge in [-0.25, -0.2) is 4.79 Å². The number of carbonyl (C=O) groups is 7. The molecule has 414 valence electrons. The number of ether oxygens (including phenoxy) is 1. The summed E-state index contributed by atoms with van der Waals surface area (Å²) >= 11 is -4.72. The van der Waals surface area contributed by atoms with Crippen molar-refractivity contribution in [3.8, 4) is 11.5 Å². The average Bonchev–Trinajstić information content (AvgIpc) is 3.83. The van der Waals surface area contributed by atoms with Gasteiger partial charge in [0.2, 0.25) is 35.4 Å². The molecule has 3 aliphatic rings. The first-order chi connectivity index (χ1) is 33.9. The van der Waals surface area contributed by atoms with E-state index in [1.807, 2.05) is 0 Å². The van der Waals surface area contributed by atoms with Crippen LogP contribution in [-0.2, 0) is 39.9 Å². The Morgan fingerprint density at radius 3 is 2.04 bits per heavy atom. The van der Waals surface area contributed by atoms with Crippen molar-refractivity contribution in [1.29, 1.82) is 0 Å². The Kier molecular flexibility index (Phi) is 21.3. The molecule has 13 atom stereocenters. The molecule has 73 heavy (non-hydrogen) atoms. The van der Waals surface area contributed by atoms with E-state index in [4.69, 9.17) is 4.74 Å². The van der Waals surface area contributed by atoms with Crippen molar-refractivity contribution in [1.82, 2.24) is 41.7 Å². The number of β-amino-alcohol motifs (C(OH)–C–C–N with tert-alkyl or cyclic N) is 1. The molecule has 0 saturated carbocycles.